The van der Waals surface area contributed by atoms with Crippen LogP contribution in [0.5, 0.6) is 0 Å². The van der Waals surface area contributed by atoms with Crippen LogP contribution in [0.15, 0.2) is 54.9 Å². The van der Waals surface area contributed by atoms with Gasteiger partial charge < -0.3 is 11.1 Å². The number of rotatable bonds is 9. The predicted molar refractivity (Wildman–Crippen MR) is 128 cm³/mol. The summed E-state index contributed by atoms with van der Waals surface area (Å²) < 4.78 is 15.6. The standard InChI is InChI=1S/C25H26FN7O/c1-32(15-21(27)34)14-17-9-11-33-22(12-17)31-23(18-4-6-19(26)7-5-18)24(33)20-8-10-28-25(30-20)29-13-16-2-3-16/h4-12,16H,2-3,13-15H2,1H3,(H2,27,34)(H,28,29,30). The van der Waals surface area contributed by atoms with Gasteiger partial charge in [0.2, 0.25) is 11.9 Å². The third-order valence-electron chi connectivity index (χ3n) is 5.83. The van der Waals surface area contributed by atoms with Crippen molar-refractivity contribution in [1.29, 1.82) is 0 Å². The molecule has 1 aliphatic carbocycles. The number of anilines is 1. The van der Waals surface area contributed by atoms with Crippen LogP contribution in [0.1, 0.15) is 18.4 Å². The lowest BCUT2D eigenvalue weighted by Crippen LogP contribution is -2.30. The van der Waals surface area contributed by atoms with E-state index in [9.17, 15) is 9.18 Å². The molecule has 0 bridgehead atoms. The highest BCUT2D eigenvalue weighted by molar-refractivity contribution is 5.81. The summed E-state index contributed by atoms with van der Waals surface area (Å²) >= 11 is 0. The fourth-order valence-electron chi connectivity index (χ4n) is 4.01. The van der Waals surface area contributed by atoms with Crippen molar-refractivity contribution in [2.45, 2.75) is 19.4 Å². The average molecular weight is 460 g/mol. The molecule has 4 aromatic rings. The first-order valence-corrected chi connectivity index (χ1v) is 11.3. The van der Waals surface area contributed by atoms with Crippen LogP contribution in [0.3, 0.4) is 0 Å². The Balaban J connectivity index is 1.56. The van der Waals surface area contributed by atoms with Crippen LogP contribution in [-0.2, 0) is 11.3 Å². The highest BCUT2D eigenvalue weighted by Gasteiger charge is 2.22. The number of amides is 1. The number of pyridine rings is 1. The minimum absolute atomic E-state index is 0.170. The Kier molecular flexibility index (Phi) is 5.93. The molecule has 8 nitrogen and oxygen atoms in total. The van der Waals surface area contributed by atoms with E-state index in [2.05, 4.69) is 10.3 Å². The number of fused-ring (bicyclic) bond motifs is 1. The summed E-state index contributed by atoms with van der Waals surface area (Å²) in [5.74, 6) is 0.598. The normalized spacial score (nSPS) is 13.5. The van der Waals surface area contributed by atoms with Crippen LogP contribution in [-0.4, -0.2) is 50.3 Å². The number of nitrogens with one attached hydrogen (secondary N) is 1. The molecule has 5 rings (SSSR count). The highest BCUT2D eigenvalue weighted by atomic mass is 19.1. The molecule has 1 saturated carbocycles. The number of primary amides is 1. The number of aromatic nitrogens is 4. The zero-order valence-corrected chi connectivity index (χ0v) is 18.9. The fourth-order valence-corrected chi connectivity index (χ4v) is 4.01. The average Bonchev–Trinajstić information content (AvgIpc) is 3.56. The second-order valence-electron chi connectivity index (χ2n) is 8.81. The van der Waals surface area contributed by atoms with Crippen molar-refractivity contribution in [3.05, 3.63) is 66.2 Å². The minimum Gasteiger partial charge on any atom is -0.369 e. The number of carbonyl (C=O) groups is 1. The third kappa shape index (κ3) is 4.89. The summed E-state index contributed by atoms with van der Waals surface area (Å²) in [5.41, 5.74) is 10.0. The number of likely N-dealkylation sites (N-methyl/N-ethyl adjacent to an activating group) is 1. The lowest BCUT2D eigenvalue weighted by molar-refractivity contribution is -0.118. The second kappa shape index (κ2) is 9.18. The molecule has 0 aliphatic heterocycles. The first-order valence-electron chi connectivity index (χ1n) is 11.3. The maximum absolute atomic E-state index is 13.6. The van der Waals surface area contributed by atoms with Crippen LogP contribution in [0.4, 0.5) is 10.3 Å². The molecule has 34 heavy (non-hydrogen) atoms. The van der Waals surface area contributed by atoms with Crippen molar-refractivity contribution >= 4 is 17.5 Å². The summed E-state index contributed by atoms with van der Waals surface area (Å²) in [4.78, 5) is 27.1. The maximum Gasteiger partial charge on any atom is 0.231 e. The summed E-state index contributed by atoms with van der Waals surface area (Å²) in [7, 11) is 1.84. The zero-order chi connectivity index (χ0) is 23.7. The number of imidazole rings is 1. The number of hydrogen-bond acceptors (Lipinski definition) is 6. The van der Waals surface area contributed by atoms with Gasteiger partial charge in [0.05, 0.1) is 23.6 Å². The van der Waals surface area contributed by atoms with Crippen molar-refractivity contribution in [1.82, 2.24) is 24.3 Å². The van der Waals surface area contributed by atoms with Crippen molar-refractivity contribution in [3.63, 3.8) is 0 Å². The van der Waals surface area contributed by atoms with Crippen molar-refractivity contribution < 1.29 is 9.18 Å². The Labute approximate surface area is 196 Å². The summed E-state index contributed by atoms with van der Waals surface area (Å²) in [6.07, 6.45) is 6.16. The molecule has 0 spiro atoms. The van der Waals surface area contributed by atoms with Gasteiger partial charge in [-0.1, -0.05) is 0 Å². The summed E-state index contributed by atoms with van der Waals surface area (Å²) in [6.45, 7) is 1.59. The van der Waals surface area contributed by atoms with Gasteiger partial charge in [0.15, 0.2) is 0 Å². The van der Waals surface area contributed by atoms with Gasteiger partial charge in [-0.25, -0.2) is 19.3 Å². The fraction of sp³-hybridized carbons (Fsp3) is 0.280. The van der Waals surface area contributed by atoms with Crippen molar-refractivity contribution in [3.8, 4) is 22.6 Å². The van der Waals surface area contributed by atoms with Crippen LogP contribution in [0, 0.1) is 11.7 Å². The molecule has 1 fully saturated rings. The molecule has 3 N–H and O–H groups in total. The number of benzene rings is 1. The van der Waals surface area contributed by atoms with E-state index in [-0.39, 0.29) is 18.3 Å². The van der Waals surface area contributed by atoms with Gasteiger partial charge in [-0.2, -0.15) is 0 Å². The van der Waals surface area contributed by atoms with E-state index in [1.165, 1.54) is 25.0 Å². The molecule has 3 aromatic heterocycles. The Morgan fingerprint density at radius 3 is 2.74 bits per heavy atom. The van der Waals surface area contributed by atoms with Gasteiger partial charge in [-0.15, -0.1) is 0 Å². The van der Waals surface area contributed by atoms with E-state index >= 15 is 0 Å². The number of hydrogen-bond donors (Lipinski definition) is 2. The zero-order valence-electron chi connectivity index (χ0n) is 18.9. The lowest BCUT2D eigenvalue weighted by Gasteiger charge is -2.14. The van der Waals surface area contributed by atoms with Gasteiger partial charge in [-0.05, 0) is 73.8 Å². The molecule has 3 heterocycles. The maximum atomic E-state index is 13.6. The van der Waals surface area contributed by atoms with Crippen LogP contribution in [0.2, 0.25) is 0 Å². The quantitative estimate of drug-likeness (QED) is 0.398. The Bertz CT molecular complexity index is 1330. The van der Waals surface area contributed by atoms with Gasteiger partial charge >= 0.3 is 0 Å². The largest absolute Gasteiger partial charge is 0.369 e. The van der Waals surface area contributed by atoms with Crippen LogP contribution in [0.25, 0.3) is 28.3 Å². The Hall–Kier alpha value is -3.85. The van der Waals surface area contributed by atoms with Crippen molar-refractivity contribution in [2.75, 3.05) is 25.5 Å². The lowest BCUT2D eigenvalue weighted by atomic mass is 10.1. The van der Waals surface area contributed by atoms with E-state index in [1.807, 2.05) is 40.7 Å². The molecule has 1 aromatic carbocycles. The van der Waals surface area contributed by atoms with E-state index in [0.29, 0.717) is 24.1 Å². The first kappa shape index (κ1) is 22.0. The van der Waals surface area contributed by atoms with Gasteiger partial charge in [0.1, 0.15) is 11.5 Å². The van der Waals surface area contributed by atoms with Gasteiger partial charge in [-0.3, -0.25) is 14.1 Å². The van der Waals surface area contributed by atoms with Gasteiger partial charge in [0.25, 0.3) is 0 Å². The smallest absolute Gasteiger partial charge is 0.231 e. The molecular formula is C25H26FN7O. The Morgan fingerprint density at radius 1 is 1.21 bits per heavy atom. The molecule has 0 saturated heterocycles. The molecule has 9 heteroatoms. The minimum atomic E-state index is -0.375. The summed E-state index contributed by atoms with van der Waals surface area (Å²) in [5, 5.41) is 3.33. The number of nitrogens with two attached hydrogens (primary N) is 1. The van der Waals surface area contributed by atoms with Crippen molar-refractivity contribution in [2.24, 2.45) is 11.7 Å². The monoisotopic (exact) mass is 459 g/mol. The van der Waals surface area contributed by atoms with E-state index < -0.39 is 0 Å². The number of carbonyl (C=O) groups excluding carboxylic acids is 1. The van der Waals surface area contributed by atoms with Crippen LogP contribution >= 0.6 is 0 Å². The molecule has 0 radical (unpaired) electrons. The molecule has 0 unspecified atom stereocenters. The highest BCUT2D eigenvalue weighted by Crippen LogP contribution is 2.33. The molecular weight excluding hydrogens is 433 g/mol. The molecule has 1 aliphatic rings. The topological polar surface area (TPSA) is 101 Å². The number of nitrogens with zero attached hydrogens (tertiary/aromatic N) is 5. The van der Waals surface area contributed by atoms with Gasteiger partial charge in [0, 0.05) is 31.0 Å². The molecule has 174 valence electrons. The second-order valence-corrected chi connectivity index (χ2v) is 8.81. The predicted octanol–water partition coefficient (Wildman–Crippen LogP) is 3.34. The van der Waals surface area contributed by atoms with E-state index in [0.717, 1.165) is 34.7 Å². The van der Waals surface area contributed by atoms with E-state index in [1.54, 1.807) is 18.3 Å². The first-order chi connectivity index (χ1) is 16.5. The van der Waals surface area contributed by atoms with E-state index in [4.69, 9.17) is 15.7 Å². The third-order valence-corrected chi connectivity index (χ3v) is 5.83. The number of halogens is 1. The molecule has 1 amide bonds. The summed E-state index contributed by atoms with van der Waals surface area (Å²) in [6, 6.07) is 12.1. The SMILES string of the molecule is CN(CC(N)=O)Cc1ccn2c(-c3ccnc(NCC4CC4)n3)c(-c3ccc(F)cc3)nc2c1. The van der Waals surface area contributed by atoms with Crippen LogP contribution < -0.4 is 11.1 Å². The Morgan fingerprint density at radius 2 is 2.00 bits per heavy atom. The molecule has 0 atom stereocenters.